The van der Waals surface area contributed by atoms with Crippen LogP contribution in [0.4, 0.5) is 5.69 Å². The van der Waals surface area contributed by atoms with Gasteiger partial charge in [-0.25, -0.2) is 0 Å². The van der Waals surface area contributed by atoms with Crippen LogP contribution in [0.5, 0.6) is 0 Å². The Kier molecular flexibility index (Phi) is 6.23. The van der Waals surface area contributed by atoms with Crippen LogP contribution in [0.25, 0.3) is 11.4 Å². The van der Waals surface area contributed by atoms with Crippen LogP contribution < -0.4 is 10.6 Å². The Hall–Kier alpha value is -2.86. The summed E-state index contributed by atoms with van der Waals surface area (Å²) in [6.07, 6.45) is 0.824. The Labute approximate surface area is 175 Å². The molecule has 2 N–H and O–H groups in total. The van der Waals surface area contributed by atoms with Gasteiger partial charge in [-0.3, -0.25) is 4.79 Å². The predicted octanol–water partition coefficient (Wildman–Crippen LogP) is 5.23. The van der Waals surface area contributed by atoms with E-state index < -0.39 is 0 Å². The van der Waals surface area contributed by atoms with Crippen molar-refractivity contribution in [2.45, 2.75) is 46.2 Å². The van der Waals surface area contributed by atoms with Crippen molar-refractivity contribution in [3.05, 3.63) is 64.5 Å². The lowest BCUT2D eigenvalue weighted by atomic mass is 10.0. The lowest BCUT2D eigenvalue weighted by molar-refractivity contribution is 0.0911. The number of nitrogens with zero attached hydrogens (tertiary/aromatic N) is 2. The van der Waals surface area contributed by atoms with Gasteiger partial charge in [0.25, 0.3) is 5.91 Å². The van der Waals surface area contributed by atoms with E-state index in [4.69, 9.17) is 16.1 Å². The van der Waals surface area contributed by atoms with E-state index in [1.54, 1.807) is 18.2 Å². The van der Waals surface area contributed by atoms with Gasteiger partial charge < -0.3 is 15.2 Å². The minimum Gasteiger partial charge on any atom is -0.376 e. The molecule has 0 bridgehead atoms. The predicted molar refractivity (Wildman–Crippen MR) is 115 cm³/mol. The minimum absolute atomic E-state index is 0.187. The first-order valence-corrected chi connectivity index (χ1v) is 9.91. The molecule has 0 fully saturated rings. The summed E-state index contributed by atoms with van der Waals surface area (Å²) in [5.74, 6) is 0.825. The van der Waals surface area contributed by atoms with Crippen molar-refractivity contribution in [2.24, 2.45) is 0 Å². The summed E-state index contributed by atoms with van der Waals surface area (Å²) in [6, 6.07) is 13.1. The van der Waals surface area contributed by atoms with Crippen LogP contribution in [0.3, 0.4) is 0 Å². The Morgan fingerprint density at radius 1 is 1.21 bits per heavy atom. The second kappa shape index (κ2) is 8.66. The van der Waals surface area contributed by atoms with E-state index in [0.29, 0.717) is 28.8 Å². The molecule has 1 heterocycles. The lowest BCUT2D eigenvalue weighted by Gasteiger charge is -2.24. The molecule has 0 radical (unpaired) electrons. The Morgan fingerprint density at radius 3 is 2.69 bits per heavy atom. The molecule has 0 aliphatic rings. The number of rotatable bonds is 7. The van der Waals surface area contributed by atoms with Gasteiger partial charge in [-0.15, -0.1) is 0 Å². The maximum atomic E-state index is 12.4. The van der Waals surface area contributed by atoms with Crippen molar-refractivity contribution in [1.29, 1.82) is 0 Å². The maximum absolute atomic E-state index is 12.4. The fourth-order valence-electron chi connectivity index (χ4n) is 2.68. The average molecular weight is 413 g/mol. The van der Waals surface area contributed by atoms with Crippen LogP contribution in [-0.2, 0) is 6.54 Å². The molecule has 29 heavy (non-hydrogen) atoms. The molecule has 6 nitrogen and oxygen atoms in total. The highest BCUT2D eigenvalue weighted by Crippen LogP contribution is 2.23. The lowest BCUT2D eigenvalue weighted by Crippen LogP contribution is -2.42. The molecule has 1 aromatic heterocycles. The Morgan fingerprint density at radius 2 is 2.00 bits per heavy atom. The molecule has 0 unspecified atom stereocenters. The normalized spacial score (nSPS) is 11.3. The van der Waals surface area contributed by atoms with Gasteiger partial charge in [0.1, 0.15) is 0 Å². The van der Waals surface area contributed by atoms with E-state index in [1.165, 1.54) is 0 Å². The topological polar surface area (TPSA) is 80.0 Å². The number of amides is 1. The summed E-state index contributed by atoms with van der Waals surface area (Å²) >= 11 is 6.32. The summed E-state index contributed by atoms with van der Waals surface area (Å²) in [6.45, 7) is 8.34. The molecule has 0 atom stereocenters. The highest BCUT2D eigenvalue weighted by molar-refractivity contribution is 6.34. The highest BCUT2D eigenvalue weighted by atomic mass is 35.5. The van der Waals surface area contributed by atoms with Gasteiger partial charge in [0.2, 0.25) is 11.7 Å². The molecule has 3 aromatic rings. The van der Waals surface area contributed by atoms with Crippen molar-refractivity contribution in [3.8, 4) is 11.4 Å². The standard InChI is InChI=1S/C22H25ClN4O2/c1-5-22(3,4)26-21(28)17-10-9-16(12-18(17)23)24-13-19-25-20(27-29-19)15-8-6-7-14(2)11-15/h6-12,24H,5,13H2,1-4H3,(H,26,28). The smallest absolute Gasteiger partial charge is 0.253 e. The molecule has 1 amide bonds. The van der Waals surface area contributed by atoms with Crippen LogP contribution in [0.15, 0.2) is 47.0 Å². The zero-order valence-corrected chi connectivity index (χ0v) is 17.8. The van der Waals surface area contributed by atoms with E-state index >= 15 is 0 Å². The van der Waals surface area contributed by atoms with E-state index in [1.807, 2.05) is 52.0 Å². The van der Waals surface area contributed by atoms with E-state index in [9.17, 15) is 4.79 Å². The molecule has 7 heteroatoms. The second-order valence-corrected chi connectivity index (χ2v) is 8.03. The molecular formula is C22H25ClN4O2. The molecule has 152 valence electrons. The fraction of sp³-hybridized carbons (Fsp3) is 0.318. The van der Waals surface area contributed by atoms with Crippen molar-refractivity contribution < 1.29 is 9.32 Å². The zero-order chi connectivity index (χ0) is 21.0. The molecule has 0 aliphatic heterocycles. The van der Waals surface area contributed by atoms with Crippen LogP contribution in [0, 0.1) is 6.92 Å². The molecule has 2 aromatic carbocycles. The van der Waals surface area contributed by atoms with Gasteiger partial charge >= 0.3 is 0 Å². The van der Waals surface area contributed by atoms with E-state index in [0.717, 1.165) is 23.2 Å². The number of anilines is 1. The number of halogens is 1. The molecule has 3 rings (SSSR count). The molecule has 0 saturated carbocycles. The van der Waals surface area contributed by atoms with Crippen LogP contribution in [-0.4, -0.2) is 21.6 Å². The van der Waals surface area contributed by atoms with Crippen LogP contribution in [0.2, 0.25) is 5.02 Å². The van der Waals surface area contributed by atoms with Crippen molar-refractivity contribution >= 4 is 23.2 Å². The Bertz CT molecular complexity index is 1010. The number of carbonyl (C=O) groups excluding carboxylic acids is 1. The summed E-state index contributed by atoms with van der Waals surface area (Å²) in [4.78, 5) is 16.9. The molecule has 0 spiro atoms. The van der Waals surface area contributed by atoms with Gasteiger partial charge in [0, 0.05) is 16.8 Å². The average Bonchev–Trinajstić information content (AvgIpc) is 3.15. The van der Waals surface area contributed by atoms with Gasteiger partial charge in [0.05, 0.1) is 17.1 Å². The van der Waals surface area contributed by atoms with Gasteiger partial charge in [-0.2, -0.15) is 4.98 Å². The molecular weight excluding hydrogens is 388 g/mol. The van der Waals surface area contributed by atoms with Gasteiger partial charge in [-0.05, 0) is 51.5 Å². The third-order valence-electron chi connectivity index (χ3n) is 4.74. The van der Waals surface area contributed by atoms with E-state index in [-0.39, 0.29) is 11.4 Å². The fourth-order valence-corrected chi connectivity index (χ4v) is 2.94. The molecule has 0 aliphatic carbocycles. The number of carbonyl (C=O) groups is 1. The number of benzene rings is 2. The van der Waals surface area contributed by atoms with Crippen molar-refractivity contribution in [3.63, 3.8) is 0 Å². The molecule has 0 saturated heterocycles. The third kappa shape index (κ3) is 5.35. The number of hydrogen-bond acceptors (Lipinski definition) is 5. The summed E-state index contributed by atoms with van der Waals surface area (Å²) in [5, 5.41) is 10.6. The SMILES string of the molecule is CCC(C)(C)NC(=O)c1ccc(NCc2nc(-c3cccc(C)c3)no2)cc1Cl. The maximum Gasteiger partial charge on any atom is 0.253 e. The monoisotopic (exact) mass is 412 g/mol. The summed E-state index contributed by atoms with van der Waals surface area (Å²) in [5.41, 5.74) is 2.96. The van der Waals surface area contributed by atoms with Crippen LogP contribution in [0.1, 0.15) is 49.0 Å². The largest absolute Gasteiger partial charge is 0.376 e. The third-order valence-corrected chi connectivity index (χ3v) is 5.05. The first-order chi connectivity index (χ1) is 13.8. The Balaban J connectivity index is 1.65. The van der Waals surface area contributed by atoms with Gasteiger partial charge in [0.15, 0.2) is 0 Å². The first kappa shape index (κ1) is 20.9. The number of nitrogens with one attached hydrogen (secondary N) is 2. The second-order valence-electron chi connectivity index (χ2n) is 7.62. The van der Waals surface area contributed by atoms with Gasteiger partial charge in [-0.1, -0.05) is 47.4 Å². The first-order valence-electron chi connectivity index (χ1n) is 9.53. The summed E-state index contributed by atoms with van der Waals surface area (Å²) < 4.78 is 5.32. The quantitative estimate of drug-likeness (QED) is 0.555. The van der Waals surface area contributed by atoms with Crippen molar-refractivity contribution in [2.75, 3.05) is 5.32 Å². The minimum atomic E-state index is -0.287. The van der Waals surface area contributed by atoms with E-state index in [2.05, 4.69) is 20.8 Å². The highest BCUT2D eigenvalue weighted by Gasteiger charge is 2.20. The number of aryl methyl sites for hydroxylation is 1. The number of hydrogen-bond donors (Lipinski definition) is 2. The van der Waals surface area contributed by atoms with Crippen molar-refractivity contribution in [1.82, 2.24) is 15.5 Å². The van der Waals surface area contributed by atoms with Crippen LogP contribution >= 0.6 is 11.6 Å². The zero-order valence-electron chi connectivity index (χ0n) is 17.0. The number of aromatic nitrogens is 2. The summed E-state index contributed by atoms with van der Waals surface area (Å²) in [7, 11) is 0.